The number of carbonyl (C=O) groups is 2. The van der Waals surface area contributed by atoms with Crippen molar-refractivity contribution in [2.75, 3.05) is 0 Å². The highest BCUT2D eigenvalue weighted by Gasteiger charge is 2.08. The molecule has 5 nitrogen and oxygen atoms in total. The largest absolute Gasteiger partial charge is 0.476 e. The van der Waals surface area contributed by atoms with Crippen molar-refractivity contribution in [3.05, 3.63) is 23.8 Å². The van der Waals surface area contributed by atoms with Crippen molar-refractivity contribution in [1.29, 1.82) is 0 Å². The van der Waals surface area contributed by atoms with Crippen molar-refractivity contribution in [2.24, 2.45) is 0 Å². The van der Waals surface area contributed by atoms with E-state index < -0.39 is 11.1 Å². The highest BCUT2D eigenvalue weighted by atomic mass is 32.1. The Morgan fingerprint density at radius 1 is 1.33 bits per heavy atom. The zero-order valence-corrected chi connectivity index (χ0v) is 6.65. The standard InChI is InChI=1S/C6H4N2O3S/c9-5(10)3-1-7-2-4(8-3)6(11)12/h1-2H,(H,9,10)(H,11,12). The van der Waals surface area contributed by atoms with Crippen LogP contribution in [0.4, 0.5) is 0 Å². The first-order valence-corrected chi connectivity index (χ1v) is 3.34. The predicted molar refractivity (Wildman–Crippen MR) is 42.3 cm³/mol. The minimum absolute atomic E-state index is 0.0711. The van der Waals surface area contributed by atoms with Gasteiger partial charge in [0, 0.05) is 0 Å². The van der Waals surface area contributed by atoms with E-state index in [1.54, 1.807) is 0 Å². The molecular formula is C6H4N2O3S. The second-order valence-electron chi connectivity index (χ2n) is 1.90. The number of carboxylic acids is 1. The molecule has 12 heavy (non-hydrogen) atoms. The first kappa shape index (κ1) is 8.66. The Kier molecular flexibility index (Phi) is 2.39. The molecule has 0 bridgehead atoms. The van der Waals surface area contributed by atoms with Gasteiger partial charge in [0.05, 0.1) is 12.4 Å². The number of nitrogens with zero attached hydrogens (tertiary/aromatic N) is 2. The predicted octanol–water partition coefficient (Wildman–Crippen LogP) is 0.245. The zero-order chi connectivity index (χ0) is 9.14. The van der Waals surface area contributed by atoms with E-state index in [9.17, 15) is 9.59 Å². The minimum atomic E-state index is -1.22. The topological polar surface area (TPSA) is 80.1 Å². The fourth-order valence-electron chi connectivity index (χ4n) is 0.572. The van der Waals surface area contributed by atoms with Crippen molar-refractivity contribution in [1.82, 2.24) is 9.97 Å². The second kappa shape index (κ2) is 3.31. The monoisotopic (exact) mass is 184 g/mol. The lowest BCUT2D eigenvalue weighted by Crippen LogP contribution is -2.05. The maximum atomic E-state index is 10.6. The number of aromatic carboxylic acids is 1. The van der Waals surface area contributed by atoms with Gasteiger partial charge in [-0.2, -0.15) is 0 Å². The molecule has 0 saturated carbocycles. The van der Waals surface area contributed by atoms with E-state index in [-0.39, 0.29) is 11.4 Å². The van der Waals surface area contributed by atoms with Crippen LogP contribution < -0.4 is 0 Å². The number of hydrogen-bond donors (Lipinski definition) is 2. The summed E-state index contributed by atoms with van der Waals surface area (Å²) in [6, 6.07) is 0. The molecule has 62 valence electrons. The minimum Gasteiger partial charge on any atom is -0.476 e. The van der Waals surface area contributed by atoms with Crippen molar-refractivity contribution in [3.8, 4) is 0 Å². The lowest BCUT2D eigenvalue weighted by molar-refractivity contribution is 0.0690. The van der Waals surface area contributed by atoms with Gasteiger partial charge in [0.2, 0.25) is 5.12 Å². The summed E-state index contributed by atoms with van der Waals surface area (Å²) in [5.41, 5.74) is -0.340. The average molecular weight is 184 g/mol. The molecule has 0 aliphatic heterocycles. The van der Waals surface area contributed by atoms with Crippen LogP contribution in [0.25, 0.3) is 0 Å². The summed E-state index contributed by atoms with van der Waals surface area (Å²) in [4.78, 5) is 27.9. The van der Waals surface area contributed by atoms with E-state index in [1.165, 1.54) is 0 Å². The van der Waals surface area contributed by atoms with Crippen molar-refractivity contribution < 1.29 is 14.7 Å². The van der Waals surface area contributed by atoms with Crippen LogP contribution >= 0.6 is 12.6 Å². The number of hydrogen-bond acceptors (Lipinski definition) is 4. The Labute approximate surface area is 72.9 Å². The van der Waals surface area contributed by atoms with Gasteiger partial charge in [-0.1, -0.05) is 12.6 Å². The third kappa shape index (κ3) is 1.79. The van der Waals surface area contributed by atoms with Crippen LogP contribution in [0.15, 0.2) is 12.4 Å². The normalized spacial score (nSPS) is 9.42. The summed E-state index contributed by atoms with van der Waals surface area (Å²) in [6.07, 6.45) is 2.21. The Morgan fingerprint density at radius 3 is 2.42 bits per heavy atom. The van der Waals surface area contributed by atoms with E-state index in [2.05, 4.69) is 22.6 Å². The maximum absolute atomic E-state index is 10.6. The smallest absolute Gasteiger partial charge is 0.356 e. The SMILES string of the molecule is O=C(O)c1cncc(C(=O)S)n1. The van der Waals surface area contributed by atoms with Gasteiger partial charge in [-0.25, -0.2) is 9.78 Å². The van der Waals surface area contributed by atoms with Crippen LogP contribution in [0, 0.1) is 0 Å². The van der Waals surface area contributed by atoms with Gasteiger partial charge in [-0.3, -0.25) is 9.78 Å². The fourth-order valence-corrected chi connectivity index (χ4v) is 0.680. The molecule has 0 spiro atoms. The summed E-state index contributed by atoms with van der Waals surface area (Å²) in [7, 11) is 0. The number of aromatic nitrogens is 2. The van der Waals surface area contributed by atoms with Crippen molar-refractivity contribution in [3.63, 3.8) is 0 Å². The molecule has 1 aromatic heterocycles. The molecule has 0 aromatic carbocycles. The molecule has 0 unspecified atom stereocenters. The summed E-state index contributed by atoms with van der Waals surface area (Å²) >= 11 is 3.47. The number of thiol groups is 1. The Hall–Kier alpha value is -1.43. The lowest BCUT2D eigenvalue weighted by atomic mass is 10.4. The van der Waals surface area contributed by atoms with Crippen LogP contribution in [0.3, 0.4) is 0 Å². The molecule has 0 saturated heterocycles. The summed E-state index contributed by atoms with van der Waals surface area (Å²) in [5, 5.41) is 7.85. The van der Waals surface area contributed by atoms with Gasteiger partial charge in [0.15, 0.2) is 5.69 Å². The van der Waals surface area contributed by atoms with E-state index >= 15 is 0 Å². The first-order chi connectivity index (χ1) is 5.61. The number of carbonyl (C=O) groups excluding carboxylic acids is 1. The molecule has 0 fully saturated rings. The second-order valence-corrected chi connectivity index (χ2v) is 2.31. The molecule has 1 heterocycles. The Balaban J connectivity index is 3.12. The summed E-state index contributed by atoms with van der Waals surface area (Å²) in [5.74, 6) is -1.22. The van der Waals surface area contributed by atoms with Crippen LogP contribution in [0.1, 0.15) is 21.0 Å². The van der Waals surface area contributed by atoms with Crippen LogP contribution in [-0.2, 0) is 0 Å². The van der Waals surface area contributed by atoms with E-state index in [0.29, 0.717) is 0 Å². The van der Waals surface area contributed by atoms with Crippen LogP contribution in [0.2, 0.25) is 0 Å². The van der Waals surface area contributed by atoms with Gasteiger partial charge in [-0.15, -0.1) is 0 Å². The van der Waals surface area contributed by atoms with Crippen LogP contribution in [0.5, 0.6) is 0 Å². The van der Waals surface area contributed by atoms with E-state index in [4.69, 9.17) is 5.11 Å². The highest BCUT2D eigenvalue weighted by molar-refractivity contribution is 7.97. The van der Waals surface area contributed by atoms with Gasteiger partial charge in [-0.05, 0) is 0 Å². The van der Waals surface area contributed by atoms with Crippen LogP contribution in [-0.4, -0.2) is 26.2 Å². The highest BCUT2D eigenvalue weighted by Crippen LogP contribution is 1.99. The third-order valence-electron chi connectivity index (χ3n) is 1.07. The van der Waals surface area contributed by atoms with Gasteiger partial charge in [0.25, 0.3) is 0 Å². The number of rotatable bonds is 2. The Bertz CT molecular complexity index is 310. The molecule has 0 amide bonds. The quantitative estimate of drug-likeness (QED) is 0.644. The molecule has 1 rings (SSSR count). The zero-order valence-electron chi connectivity index (χ0n) is 5.76. The van der Waals surface area contributed by atoms with E-state index in [0.717, 1.165) is 12.4 Å². The van der Waals surface area contributed by atoms with E-state index in [1.807, 2.05) is 0 Å². The van der Waals surface area contributed by atoms with Gasteiger partial charge in [0.1, 0.15) is 5.69 Å². The molecule has 0 aliphatic carbocycles. The Morgan fingerprint density at radius 2 is 1.92 bits per heavy atom. The van der Waals surface area contributed by atoms with Gasteiger partial charge >= 0.3 is 5.97 Å². The third-order valence-corrected chi connectivity index (χ3v) is 1.30. The molecular weight excluding hydrogens is 180 g/mol. The summed E-state index contributed by atoms with van der Waals surface area (Å²) < 4.78 is 0. The molecule has 6 heteroatoms. The molecule has 0 radical (unpaired) electrons. The van der Waals surface area contributed by atoms with Crippen molar-refractivity contribution >= 4 is 23.7 Å². The molecule has 1 aromatic rings. The maximum Gasteiger partial charge on any atom is 0.356 e. The molecule has 0 atom stereocenters. The van der Waals surface area contributed by atoms with Gasteiger partial charge < -0.3 is 5.11 Å². The fraction of sp³-hybridized carbons (Fsp3) is 0. The average Bonchev–Trinajstić information content (AvgIpc) is 2.04. The molecule has 0 aliphatic rings. The molecule has 1 N–H and O–H groups in total. The summed E-state index contributed by atoms with van der Waals surface area (Å²) in [6.45, 7) is 0. The lowest BCUT2D eigenvalue weighted by Gasteiger charge is -1.94. The first-order valence-electron chi connectivity index (χ1n) is 2.90. The number of carboxylic acid groups (broad SMARTS) is 1. The van der Waals surface area contributed by atoms with Crippen molar-refractivity contribution in [2.45, 2.75) is 0 Å².